The van der Waals surface area contributed by atoms with Crippen LogP contribution in [0.5, 0.6) is 0 Å². The number of carbonyl (C=O) groups excluding carboxylic acids is 1. The van der Waals surface area contributed by atoms with E-state index in [9.17, 15) is 4.79 Å². The molecule has 1 amide bonds. The van der Waals surface area contributed by atoms with Crippen LogP contribution >= 0.6 is 0 Å². The summed E-state index contributed by atoms with van der Waals surface area (Å²) < 4.78 is 0. The molecule has 1 heterocycles. The van der Waals surface area contributed by atoms with Crippen molar-refractivity contribution in [3.05, 3.63) is 59.7 Å². The molecule has 0 aliphatic rings. The van der Waals surface area contributed by atoms with Crippen LogP contribution in [0.4, 0.5) is 0 Å². The van der Waals surface area contributed by atoms with E-state index in [1.165, 1.54) is 11.8 Å². The van der Waals surface area contributed by atoms with E-state index in [4.69, 9.17) is 0 Å². The lowest BCUT2D eigenvalue weighted by atomic mass is 10.0. The van der Waals surface area contributed by atoms with Gasteiger partial charge in [-0.1, -0.05) is 44.2 Å². The van der Waals surface area contributed by atoms with Crippen LogP contribution in [-0.2, 0) is 6.42 Å². The zero-order valence-corrected chi connectivity index (χ0v) is 14.7. The molecule has 0 radical (unpaired) electrons. The number of amides is 1. The first kappa shape index (κ1) is 18.1. The van der Waals surface area contributed by atoms with Crippen molar-refractivity contribution >= 4 is 5.91 Å². The number of benzene rings is 1. The maximum absolute atomic E-state index is 12.3. The van der Waals surface area contributed by atoms with E-state index in [1.807, 2.05) is 13.0 Å². The molecule has 0 aliphatic heterocycles. The lowest BCUT2D eigenvalue weighted by Gasteiger charge is -2.30. The van der Waals surface area contributed by atoms with Gasteiger partial charge in [-0.3, -0.25) is 14.7 Å². The molecule has 0 saturated carbocycles. The molecule has 1 N–H and O–H groups in total. The number of nitrogens with zero attached hydrogens (tertiary/aromatic N) is 3. The third kappa shape index (κ3) is 5.13. The highest BCUT2D eigenvalue weighted by atomic mass is 16.1. The maximum atomic E-state index is 12.3. The Kier molecular flexibility index (Phi) is 6.88. The second kappa shape index (κ2) is 9.13. The van der Waals surface area contributed by atoms with Crippen molar-refractivity contribution in [3.8, 4) is 0 Å². The first-order valence-electron chi connectivity index (χ1n) is 8.48. The van der Waals surface area contributed by atoms with Gasteiger partial charge < -0.3 is 5.32 Å². The van der Waals surface area contributed by atoms with Crippen molar-refractivity contribution in [1.82, 2.24) is 20.2 Å². The van der Waals surface area contributed by atoms with Gasteiger partial charge in [0, 0.05) is 18.8 Å². The molecule has 1 aromatic carbocycles. The highest BCUT2D eigenvalue weighted by Crippen LogP contribution is 2.09. The Morgan fingerprint density at radius 1 is 1.12 bits per heavy atom. The van der Waals surface area contributed by atoms with E-state index in [1.54, 1.807) is 6.20 Å². The summed E-state index contributed by atoms with van der Waals surface area (Å²) >= 11 is 0. The lowest BCUT2D eigenvalue weighted by Crippen LogP contribution is -2.45. The van der Waals surface area contributed by atoms with Crippen LogP contribution in [0.3, 0.4) is 0 Å². The van der Waals surface area contributed by atoms with Crippen molar-refractivity contribution in [2.24, 2.45) is 0 Å². The molecule has 1 atom stereocenters. The van der Waals surface area contributed by atoms with Gasteiger partial charge in [0.25, 0.3) is 5.91 Å². The van der Waals surface area contributed by atoms with Crippen LogP contribution in [0.1, 0.15) is 35.6 Å². The van der Waals surface area contributed by atoms with Gasteiger partial charge in [0.15, 0.2) is 0 Å². The van der Waals surface area contributed by atoms with Gasteiger partial charge in [0.2, 0.25) is 0 Å². The number of carbonyl (C=O) groups is 1. The Morgan fingerprint density at radius 2 is 1.83 bits per heavy atom. The highest BCUT2D eigenvalue weighted by Gasteiger charge is 2.18. The first-order chi connectivity index (χ1) is 11.6. The minimum atomic E-state index is -0.173. The van der Waals surface area contributed by atoms with Gasteiger partial charge in [-0.05, 0) is 32.0 Å². The zero-order chi connectivity index (χ0) is 17.4. The Balaban J connectivity index is 2.02. The van der Waals surface area contributed by atoms with E-state index in [2.05, 4.69) is 58.3 Å². The predicted molar refractivity (Wildman–Crippen MR) is 96.0 cm³/mol. The number of nitrogens with one attached hydrogen (secondary N) is 1. The summed E-state index contributed by atoms with van der Waals surface area (Å²) in [5.41, 5.74) is 2.44. The summed E-state index contributed by atoms with van der Waals surface area (Å²) in [4.78, 5) is 22.9. The summed E-state index contributed by atoms with van der Waals surface area (Å²) in [6, 6.07) is 10.6. The average Bonchev–Trinajstić information content (AvgIpc) is 2.61. The summed E-state index contributed by atoms with van der Waals surface area (Å²) in [5, 5.41) is 3.00. The standard InChI is InChI=1S/C19H26N4O/c1-4-23(5-2)17(11-16-9-7-6-8-10-16)13-22-19(24)18-14-20-15(3)12-21-18/h6-10,12,14,17H,4-5,11,13H2,1-3H3,(H,22,24). The van der Waals surface area contributed by atoms with E-state index in [0.29, 0.717) is 12.2 Å². The van der Waals surface area contributed by atoms with Crippen LogP contribution in [0, 0.1) is 6.92 Å². The number of likely N-dealkylation sites (N-methyl/N-ethyl adjacent to an activating group) is 1. The fourth-order valence-electron chi connectivity index (χ4n) is 2.77. The summed E-state index contributed by atoms with van der Waals surface area (Å²) in [5.74, 6) is -0.173. The third-order valence-corrected chi connectivity index (χ3v) is 4.15. The first-order valence-corrected chi connectivity index (χ1v) is 8.48. The Morgan fingerprint density at radius 3 is 2.42 bits per heavy atom. The molecule has 128 valence electrons. The molecule has 1 unspecified atom stereocenters. The van der Waals surface area contributed by atoms with Crippen LogP contribution in [0.25, 0.3) is 0 Å². The molecule has 24 heavy (non-hydrogen) atoms. The number of aryl methyl sites for hydroxylation is 1. The van der Waals surface area contributed by atoms with Crippen LogP contribution in [0.15, 0.2) is 42.7 Å². The van der Waals surface area contributed by atoms with Gasteiger partial charge in [-0.15, -0.1) is 0 Å². The van der Waals surface area contributed by atoms with E-state index in [-0.39, 0.29) is 11.9 Å². The predicted octanol–water partition coefficient (Wildman–Crippen LogP) is 2.47. The van der Waals surface area contributed by atoms with Crippen LogP contribution < -0.4 is 5.32 Å². The summed E-state index contributed by atoms with van der Waals surface area (Å²) in [7, 11) is 0. The molecular weight excluding hydrogens is 300 g/mol. The van der Waals surface area contributed by atoms with E-state index in [0.717, 1.165) is 25.2 Å². The molecule has 0 saturated heterocycles. The largest absolute Gasteiger partial charge is 0.349 e. The molecule has 5 nitrogen and oxygen atoms in total. The third-order valence-electron chi connectivity index (χ3n) is 4.15. The molecule has 2 rings (SSSR count). The van der Waals surface area contributed by atoms with Crippen molar-refractivity contribution in [1.29, 1.82) is 0 Å². The molecular formula is C19H26N4O. The second-order valence-electron chi connectivity index (χ2n) is 5.82. The molecule has 5 heteroatoms. The van der Waals surface area contributed by atoms with E-state index < -0.39 is 0 Å². The topological polar surface area (TPSA) is 58.1 Å². The van der Waals surface area contributed by atoms with Crippen molar-refractivity contribution in [2.45, 2.75) is 33.2 Å². The Labute approximate surface area is 144 Å². The van der Waals surface area contributed by atoms with Crippen molar-refractivity contribution in [3.63, 3.8) is 0 Å². The Hall–Kier alpha value is -2.27. The minimum absolute atomic E-state index is 0.173. The molecule has 0 fully saturated rings. The quantitative estimate of drug-likeness (QED) is 0.809. The monoisotopic (exact) mass is 326 g/mol. The summed E-state index contributed by atoms with van der Waals surface area (Å²) in [6.07, 6.45) is 4.04. The van der Waals surface area contributed by atoms with Gasteiger partial charge >= 0.3 is 0 Å². The lowest BCUT2D eigenvalue weighted by molar-refractivity contribution is 0.0929. The van der Waals surface area contributed by atoms with Crippen molar-refractivity contribution in [2.75, 3.05) is 19.6 Å². The fraction of sp³-hybridized carbons (Fsp3) is 0.421. The number of hydrogen-bond donors (Lipinski definition) is 1. The highest BCUT2D eigenvalue weighted by molar-refractivity contribution is 5.91. The zero-order valence-electron chi connectivity index (χ0n) is 14.7. The van der Waals surface area contributed by atoms with Crippen molar-refractivity contribution < 1.29 is 4.79 Å². The van der Waals surface area contributed by atoms with Gasteiger partial charge in [0.1, 0.15) is 5.69 Å². The SMILES string of the molecule is CCN(CC)C(CNC(=O)c1cnc(C)cn1)Cc1ccccc1. The summed E-state index contributed by atoms with van der Waals surface area (Å²) in [6.45, 7) is 8.64. The molecule has 0 bridgehead atoms. The van der Waals surface area contributed by atoms with Gasteiger partial charge in [-0.2, -0.15) is 0 Å². The van der Waals surface area contributed by atoms with Gasteiger partial charge in [0.05, 0.1) is 11.9 Å². The normalized spacial score (nSPS) is 12.2. The minimum Gasteiger partial charge on any atom is -0.349 e. The van der Waals surface area contributed by atoms with Gasteiger partial charge in [-0.25, -0.2) is 4.98 Å². The Bertz CT molecular complexity index is 624. The smallest absolute Gasteiger partial charge is 0.271 e. The van der Waals surface area contributed by atoms with Crippen LogP contribution in [-0.4, -0.2) is 46.5 Å². The number of hydrogen-bond acceptors (Lipinski definition) is 4. The van der Waals surface area contributed by atoms with E-state index >= 15 is 0 Å². The van der Waals surface area contributed by atoms with Crippen LogP contribution in [0.2, 0.25) is 0 Å². The average molecular weight is 326 g/mol. The fourth-order valence-corrected chi connectivity index (χ4v) is 2.77. The molecule has 0 spiro atoms. The number of aromatic nitrogens is 2. The molecule has 1 aromatic heterocycles. The second-order valence-corrected chi connectivity index (χ2v) is 5.82. The molecule has 2 aromatic rings. The number of rotatable bonds is 8. The molecule has 0 aliphatic carbocycles. The maximum Gasteiger partial charge on any atom is 0.271 e.